The summed E-state index contributed by atoms with van der Waals surface area (Å²) in [5, 5.41) is 9.96. The Morgan fingerprint density at radius 1 is 0.140 bits per heavy atom. The number of benzene rings is 15. The zero-order valence-corrected chi connectivity index (χ0v) is 54.3. The Hall–Kier alpha value is -13.5. The molecule has 0 saturated heterocycles. The lowest BCUT2D eigenvalue weighted by Crippen LogP contribution is -2.00. The van der Waals surface area contributed by atoms with Crippen LogP contribution in [0.5, 0.6) is 0 Å². The molecule has 7 heteroatoms. The van der Waals surface area contributed by atoms with Crippen molar-refractivity contribution in [1.82, 2.24) is 33.2 Å². The van der Waals surface area contributed by atoms with Gasteiger partial charge in [-0.25, -0.2) is 15.0 Å². The van der Waals surface area contributed by atoms with E-state index in [1.54, 1.807) is 0 Å². The summed E-state index contributed by atoms with van der Waals surface area (Å²) in [7, 11) is 0. The summed E-state index contributed by atoms with van der Waals surface area (Å²) in [6.45, 7) is 0. The number of hydrogen-bond acceptors (Lipinski definition) is 3. The third-order valence-corrected chi connectivity index (χ3v) is 19.7. The summed E-state index contributed by atoms with van der Waals surface area (Å²) in [5.74, 6) is 1.94. The van der Waals surface area contributed by atoms with E-state index >= 15 is 0 Å². The highest BCUT2D eigenvalue weighted by Crippen LogP contribution is 2.42. The van der Waals surface area contributed by atoms with Gasteiger partial charge in [0.1, 0.15) is 0 Å². The van der Waals surface area contributed by atoms with Gasteiger partial charge in [-0.15, -0.1) is 0 Å². The van der Waals surface area contributed by atoms with Crippen LogP contribution in [-0.4, -0.2) is 33.2 Å². The molecule has 0 amide bonds. The summed E-state index contributed by atoms with van der Waals surface area (Å²) < 4.78 is 9.55. The molecule has 20 aromatic rings. The van der Waals surface area contributed by atoms with Crippen LogP contribution in [0.4, 0.5) is 0 Å². The van der Waals surface area contributed by atoms with Gasteiger partial charge < -0.3 is 18.3 Å². The monoisotopic (exact) mass is 1280 g/mol. The second kappa shape index (κ2) is 24.3. The molecule has 0 atom stereocenters. The topological polar surface area (TPSA) is 58.4 Å². The van der Waals surface area contributed by atoms with Gasteiger partial charge in [-0.2, -0.15) is 0 Å². The zero-order chi connectivity index (χ0) is 66.0. The Morgan fingerprint density at radius 3 is 0.830 bits per heavy atom. The Kier molecular flexibility index (Phi) is 14.1. The van der Waals surface area contributed by atoms with Gasteiger partial charge >= 0.3 is 0 Å². The highest BCUT2D eigenvalue weighted by molar-refractivity contribution is 6.19. The smallest absolute Gasteiger partial charge is 0.164 e. The van der Waals surface area contributed by atoms with E-state index in [1.807, 2.05) is 60.7 Å². The van der Waals surface area contributed by atoms with E-state index in [9.17, 15) is 0 Å². The Labute approximate surface area is 577 Å². The van der Waals surface area contributed by atoms with E-state index in [1.165, 1.54) is 110 Å². The molecule has 0 aliphatic carbocycles. The molecular formula is C93H61N7. The van der Waals surface area contributed by atoms with Gasteiger partial charge in [-0.05, 0) is 155 Å². The highest BCUT2D eigenvalue weighted by Gasteiger charge is 2.21. The number of hydrogen-bond donors (Lipinski definition) is 0. The normalized spacial score (nSPS) is 11.6. The van der Waals surface area contributed by atoms with Crippen LogP contribution in [0, 0.1) is 0 Å². The number of rotatable bonds is 10. The van der Waals surface area contributed by atoms with Crippen molar-refractivity contribution >= 4 is 87.2 Å². The van der Waals surface area contributed by atoms with Crippen LogP contribution >= 0.6 is 0 Å². The molecule has 5 aromatic heterocycles. The second-order valence-corrected chi connectivity index (χ2v) is 25.5. The molecule has 5 heterocycles. The first-order chi connectivity index (χ1) is 49.6. The average molecular weight is 1280 g/mol. The van der Waals surface area contributed by atoms with Crippen molar-refractivity contribution in [3.8, 4) is 90.3 Å². The maximum absolute atomic E-state index is 4.95. The molecule has 15 aromatic carbocycles. The Morgan fingerprint density at radius 2 is 0.400 bits per heavy atom. The molecular weight excluding hydrogens is 1220 g/mol. The molecule has 0 saturated carbocycles. The number of para-hydroxylation sites is 5. The maximum Gasteiger partial charge on any atom is 0.164 e. The molecule has 20 rings (SSSR count). The van der Waals surface area contributed by atoms with Crippen molar-refractivity contribution < 1.29 is 0 Å². The largest absolute Gasteiger partial charge is 0.309 e. The molecule has 100 heavy (non-hydrogen) atoms. The van der Waals surface area contributed by atoms with Gasteiger partial charge in [0, 0.05) is 82.5 Å². The third-order valence-electron chi connectivity index (χ3n) is 19.7. The van der Waals surface area contributed by atoms with Crippen molar-refractivity contribution in [3.63, 3.8) is 0 Å². The Balaban J connectivity index is 0.000000139. The van der Waals surface area contributed by atoms with E-state index in [2.05, 4.69) is 328 Å². The van der Waals surface area contributed by atoms with Crippen molar-refractivity contribution in [2.24, 2.45) is 0 Å². The van der Waals surface area contributed by atoms with Gasteiger partial charge in [0.25, 0.3) is 0 Å². The van der Waals surface area contributed by atoms with E-state index < -0.39 is 0 Å². The van der Waals surface area contributed by atoms with E-state index in [0.29, 0.717) is 17.5 Å². The van der Waals surface area contributed by atoms with Crippen molar-refractivity contribution in [2.45, 2.75) is 0 Å². The predicted molar refractivity (Wildman–Crippen MR) is 416 cm³/mol. The van der Waals surface area contributed by atoms with Crippen LogP contribution in [-0.2, 0) is 0 Å². The van der Waals surface area contributed by atoms with E-state index in [4.69, 9.17) is 15.0 Å². The van der Waals surface area contributed by atoms with E-state index in [-0.39, 0.29) is 0 Å². The molecule has 7 nitrogen and oxygen atoms in total. The Bertz CT molecular complexity index is 6410. The number of nitrogens with zero attached hydrogens (tertiary/aromatic N) is 7. The number of fused-ring (bicyclic) bond motifs is 12. The molecule has 0 spiro atoms. The van der Waals surface area contributed by atoms with Crippen LogP contribution in [0.1, 0.15) is 0 Å². The van der Waals surface area contributed by atoms with Crippen LogP contribution in [0.25, 0.3) is 178 Å². The highest BCUT2D eigenvalue weighted by atomic mass is 15.0. The van der Waals surface area contributed by atoms with E-state index in [0.717, 1.165) is 50.5 Å². The lowest BCUT2D eigenvalue weighted by atomic mass is 10.0. The number of aromatic nitrogens is 7. The summed E-state index contributed by atoms with van der Waals surface area (Å²) in [6.07, 6.45) is 0. The van der Waals surface area contributed by atoms with Crippen LogP contribution in [0.3, 0.4) is 0 Å². The van der Waals surface area contributed by atoms with Gasteiger partial charge in [-0.3, -0.25) is 0 Å². The minimum Gasteiger partial charge on any atom is -0.309 e. The first-order valence-corrected chi connectivity index (χ1v) is 34.0. The molecule has 0 N–H and O–H groups in total. The van der Waals surface area contributed by atoms with Crippen molar-refractivity contribution in [3.05, 3.63) is 370 Å². The second-order valence-electron chi connectivity index (χ2n) is 25.5. The lowest BCUT2D eigenvalue weighted by Gasteiger charge is -2.11. The van der Waals surface area contributed by atoms with Gasteiger partial charge in [-0.1, -0.05) is 249 Å². The van der Waals surface area contributed by atoms with Crippen molar-refractivity contribution in [2.75, 3.05) is 0 Å². The van der Waals surface area contributed by atoms with Gasteiger partial charge in [0.15, 0.2) is 17.5 Å². The summed E-state index contributed by atoms with van der Waals surface area (Å²) >= 11 is 0. The SMILES string of the molecule is c1ccc(-c2ccc(-n3c4ccccc4c4cc(-c5ccc6c(c5)c5ccccc5n6-c5cccc(-c6ccccc6)c5)ccc43)cc2)cc1.c1ccc(-c2nc(-c3ccccc3)nc(-c3ccc(-n4c5ccccc5c5cc6c7ccccc7n(-c7ccccc7)c6cc54)cc3)n2)cc1. The van der Waals surface area contributed by atoms with Crippen LogP contribution in [0.2, 0.25) is 0 Å². The standard InChI is InChI=1S/C48H32N2.C45H29N5/c1-3-12-33(13-4-1)35-22-26-39(27-23-35)49-45-20-9-7-18-41(45)43-31-37(24-28-47(43)49)38-25-29-48-44(32-38)42-19-8-10-21-46(42)50(48)40-17-11-16-36(30-40)34-14-5-2-6-15-34;1-4-14-30(15-5-1)43-46-44(31-16-6-2-7-17-31)48-45(47-43)32-24-26-34(27-25-32)50-40-23-13-11-21-36(40)38-28-37-35-20-10-12-22-39(35)49(41(37)29-42(38)50)33-18-8-3-9-19-33/h1-32H;1-29H. The first kappa shape index (κ1) is 57.9. The summed E-state index contributed by atoms with van der Waals surface area (Å²) in [6, 6.07) is 132. The van der Waals surface area contributed by atoms with Crippen molar-refractivity contribution in [1.29, 1.82) is 0 Å². The third kappa shape index (κ3) is 10.0. The molecule has 468 valence electrons. The first-order valence-electron chi connectivity index (χ1n) is 34.0. The fourth-order valence-electron chi connectivity index (χ4n) is 15.0. The molecule has 0 bridgehead atoms. The zero-order valence-electron chi connectivity index (χ0n) is 54.3. The fraction of sp³-hybridized carbons (Fsp3) is 0. The molecule has 0 unspecified atom stereocenters. The maximum atomic E-state index is 4.95. The molecule has 0 aliphatic rings. The summed E-state index contributed by atoms with van der Waals surface area (Å²) in [5.41, 5.74) is 24.2. The molecule has 0 radical (unpaired) electrons. The summed E-state index contributed by atoms with van der Waals surface area (Å²) in [4.78, 5) is 14.8. The lowest BCUT2D eigenvalue weighted by molar-refractivity contribution is 1.07. The molecule has 0 aliphatic heterocycles. The van der Waals surface area contributed by atoms with Crippen LogP contribution < -0.4 is 0 Å². The van der Waals surface area contributed by atoms with Gasteiger partial charge in [0.05, 0.1) is 44.1 Å². The minimum absolute atomic E-state index is 0.639. The average Bonchev–Trinajstić information content (AvgIpc) is 1.56. The quantitative estimate of drug-likeness (QED) is 0.137. The predicted octanol–water partition coefficient (Wildman–Crippen LogP) is 23.9. The fourth-order valence-corrected chi connectivity index (χ4v) is 15.0. The minimum atomic E-state index is 0.639. The van der Waals surface area contributed by atoms with Gasteiger partial charge in [0.2, 0.25) is 0 Å². The molecule has 0 fully saturated rings. The van der Waals surface area contributed by atoms with Crippen LogP contribution in [0.15, 0.2) is 370 Å².